The summed E-state index contributed by atoms with van der Waals surface area (Å²) in [5.41, 5.74) is 0.954. The zero-order valence-electron chi connectivity index (χ0n) is 9.50. The van der Waals surface area contributed by atoms with Crippen LogP contribution < -0.4 is 0 Å². The maximum absolute atomic E-state index is 13.2. The molecule has 1 fully saturated rings. The van der Waals surface area contributed by atoms with Crippen molar-refractivity contribution in [2.24, 2.45) is 5.92 Å². The number of nitrogens with zero attached hydrogens (tertiary/aromatic N) is 2. The van der Waals surface area contributed by atoms with Crippen LogP contribution in [0.4, 0.5) is 4.39 Å². The Morgan fingerprint density at radius 3 is 3.00 bits per heavy atom. The highest BCUT2D eigenvalue weighted by Gasteiger charge is 2.19. The fourth-order valence-corrected chi connectivity index (χ4v) is 2.78. The molecule has 1 aliphatic rings. The smallest absolute Gasteiger partial charge is 0.124 e. The summed E-state index contributed by atoms with van der Waals surface area (Å²) in [6.45, 7) is 2.51. The summed E-state index contributed by atoms with van der Waals surface area (Å²) >= 11 is 3.29. The van der Waals surface area contributed by atoms with Crippen LogP contribution in [-0.4, -0.2) is 18.0 Å². The van der Waals surface area contributed by atoms with Crippen molar-refractivity contribution in [1.29, 1.82) is 5.26 Å². The molecule has 0 radical (unpaired) electrons. The molecular weight excluding hydrogens is 283 g/mol. The van der Waals surface area contributed by atoms with Crippen molar-refractivity contribution in [3.05, 3.63) is 34.1 Å². The number of rotatable bonds is 2. The predicted octanol–water partition coefficient (Wildman–Crippen LogP) is 3.32. The van der Waals surface area contributed by atoms with Crippen LogP contribution in [0.2, 0.25) is 0 Å². The maximum Gasteiger partial charge on any atom is 0.124 e. The van der Waals surface area contributed by atoms with Gasteiger partial charge in [-0.2, -0.15) is 5.26 Å². The number of hydrogen-bond donors (Lipinski definition) is 0. The lowest BCUT2D eigenvalue weighted by molar-refractivity contribution is 0.192. The van der Waals surface area contributed by atoms with Crippen LogP contribution in [0.3, 0.4) is 0 Å². The standard InChI is InChI=1S/C13H14BrFN2/c14-12-4-11(5-13(15)6-12)9-17-3-1-2-10(7-16)8-17/h4-6,10H,1-3,8-9H2. The third kappa shape index (κ3) is 3.52. The molecule has 1 aromatic rings. The Hall–Kier alpha value is -0.920. The zero-order valence-corrected chi connectivity index (χ0v) is 11.1. The topological polar surface area (TPSA) is 27.0 Å². The summed E-state index contributed by atoms with van der Waals surface area (Å²) in [5, 5.41) is 8.92. The zero-order chi connectivity index (χ0) is 12.3. The van der Waals surface area contributed by atoms with Gasteiger partial charge < -0.3 is 0 Å². The molecule has 0 saturated carbocycles. The normalized spacial score (nSPS) is 21.1. The molecule has 1 heterocycles. The van der Waals surface area contributed by atoms with Gasteiger partial charge >= 0.3 is 0 Å². The first-order valence-corrected chi connectivity index (χ1v) is 6.53. The van der Waals surface area contributed by atoms with Crippen LogP contribution >= 0.6 is 15.9 Å². The molecule has 1 atom stereocenters. The van der Waals surface area contributed by atoms with E-state index in [9.17, 15) is 4.39 Å². The predicted molar refractivity (Wildman–Crippen MR) is 67.7 cm³/mol. The van der Waals surface area contributed by atoms with Crippen molar-refractivity contribution in [3.8, 4) is 6.07 Å². The highest BCUT2D eigenvalue weighted by atomic mass is 79.9. The van der Waals surface area contributed by atoms with Crippen molar-refractivity contribution in [2.45, 2.75) is 19.4 Å². The lowest BCUT2D eigenvalue weighted by Gasteiger charge is -2.29. The third-order valence-electron chi connectivity index (χ3n) is 3.02. The summed E-state index contributed by atoms with van der Waals surface area (Å²) < 4.78 is 14.0. The first-order valence-electron chi connectivity index (χ1n) is 5.74. The van der Waals surface area contributed by atoms with E-state index < -0.39 is 0 Å². The average molecular weight is 297 g/mol. The van der Waals surface area contributed by atoms with E-state index in [1.165, 1.54) is 6.07 Å². The van der Waals surface area contributed by atoms with Gasteiger partial charge in [0.2, 0.25) is 0 Å². The molecule has 0 bridgehead atoms. The number of halogens is 2. The van der Waals surface area contributed by atoms with Gasteiger partial charge in [0.25, 0.3) is 0 Å². The van der Waals surface area contributed by atoms with Crippen molar-refractivity contribution < 1.29 is 4.39 Å². The summed E-state index contributed by atoms with van der Waals surface area (Å²) in [7, 11) is 0. The lowest BCUT2D eigenvalue weighted by atomic mass is 9.99. The number of nitriles is 1. The van der Waals surface area contributed by atoms with Gasteiger partial charge in [0, 0.05) is 17.6 Å². The fraction of sp³-hybridized carbons (Fsp3) is 0.462. The number of hydrogen-bond acceptors (Lipinski definition) is 2. The Labute approximate surface area is 109 Å². The molecule has 1 unspecified atom stereocenters. The van der Waals surface area contributed by atoms with Crippen LogP contribution in [0.15, 0.2) is 22.7 Å². The summed E-state index contributed by atoms with van der Waals surface area (Å²) in [5.74, 6) is -0.0935. The lowest BCUT2D eigenvalue weighted by Crippen LogP contribution is -2.34. The molecule has 4 heteroatoms. The van der Waals surface area contributed by atoms with Crippen LogP contribution in [0.5, 0.6) is 0 Å². The van der Waals surface area contributed by atoms with Crippen LogP contribution in [-0.2, 0) is 6.54 Å². The monoisotopic (exact) mass is 296 g/mol. The molecule has 2 rings (SSSR count). The van der Waals surface area contributed by atoms with Crippen LogP contribution in [0.25, 0.3) is 0 Å². The Morgan fingerprint density at radius 1 is 1.47 bits per heavy atom. The molecule has 0 aromatic heterocycles. The van der Waals surface area contributed by atoms with Crippen molar-refractivity contribution >= 4 is 15.9 Å². The molecule has 90 valence electrons. The number of benzene rings is 1. The first kappa shape index (κ1) is 12.5. The highest BCUT2D eigenvalue weighted by Crippen LogP contribution is 2.20. The van der Waals surface area contributed by atoms with Crippen molar-refractivity contribution in [2.75, 3.05) is 13.1 Å². The summed E-state index contributed by atoms with van der Waals surface area (Å²) in [4.78, 5) is 2.22. The molecule has 1 saturated heterocycles. The van der Waals surface area contributed by atoms with Crippen molar-refractivity contribution in [1.82, 2.24) is 4.90 Å². The van der Waals surface area contributed by atoms with E-state index in [1.807, 2.05) is 6.07 Å². The molecule has 1 aliphatic heterocycles. The molecule has 0 aliphatic carbocycles. The molecule has 1 aromatic carbocycles. The Kier molecular flexibility index (Phi) is 4.14. The van der Waals surface area contributed by atoms with Crippen LogP contribution in [0.1, 0.15) is 18.4 Å². The minimum absolute atomic E-state index is 0.126. The minimum Gasteiger partial charge on any atom is -0.298 e. The van der Waals surface area contributed by atoms with Crippen molar-refractivity contribution in [3.63, 3.8) is 0 Å². The quantitative estimate of drug-likeness (QED) is 0.837. The van der Waals surface area contributed by atoms with E-state index in [0.717, 1.165) is 36.0 Å². The number of piperidine rings is 1. The molecule has 0 N–H and O–H groups in total. The van der Waals surface area contributed by atoms with Gasteiger partial charge in [-0.3, -0.25) is 4.90 Å². The Morgan fingerprint density at radius 2 is 2.29 bits per heavy atom. The second-order valence-electron chi connectivity index (χ2n) is 4.48. The maximum atomic E-state index is 13.2. The van der Waals surface area contributed by atoms with E-state index in [2.05, 4.69) is 26.9 Å². The average Bonchev–Trinajstić information content (AvgIpc) is 2.28. The Bertz CT molecular complexity index is 421. The molecule has 17 heavy (non-hydrogen) atoms. The molecule has 2 nitrogen and oxygen atoms in total. The van der Waals surface area contributed by atoms with E-state index in [0.29, 0.717) is 6.54 Å². The second-order valence-corrected chi connectivity index (χ2v) is 5.40. The summed E-state index contributed by atoms with van der Waals surface area (Å²) in [6, 6.07) is 7.26. The largest absolute Gasteiger partial charge is 0.298 e. The minimum atomic E-state index is -0.219. The van der Waals surface area contributed by atoms with E-state index in [1.54, 1.807) is 6.07 Å². The second kappa shape index (κ2) is 5.61. The van der Waals surface area contributed by atoms with Gasteiger partial charge in [-0.25, -0.2) is 4.39 Å². The highest BCUT2D eigenvalue weighted by molar-refractivity contribution is 9.10. The van der Waals surface area contributed by atoms with Gasteiger partial charge in [-0.05, 0) is 43.1 Å². The van der Waals surface area contributed by atoms with Crippen LogP contribution in [0, 0.1) is 23.1 Å². The molecule has 0 amide bonds. The van der Waals surface area contributed by atoms with E-state index in [4.69, 9.17) is 5.26 Å². The van der Waals surface area contributed by atoms with Gasteiger partial charge in [0.15, 0.2) is 0 Å². The van der Waals surface area contributed by atoms with E-state index in [-0.39, 0.29) is 11.7 Å². The fourth-order valence-electron chi connectivity index (χ4n) is 2.26. The third-order valence-corrected chi connectivity index (χ3v) is 3.47. The van der Waals surface area contributed by atoms with Gasteiger partial charge in [-0.15, -0.1) is 0 Å². The van der Waals surface area contributed by atoms with E-state index >= 15 is 0 Å². The first-order chi connectivity index (χ1) is 8.17. The number of likely N-dealkylation sites (tertiary alicyclic amines) is 1. The van der Waals surface area contributed by atoms with Gasteiger partial charge in [0.05, 0.1) is 12.0 Å². The van der Waals surface area contributed by atoms with Gasteiger partial charge in [0.1, 0.15) is 5.82 Å². The molecular formula is C13H14BrFN2. The molecule has 0 spiro atoms. The summed E-state index contributed by atoms with van der Waals surface area (Å²) in [6.07, 6.45) is 2.04. The SMILES string of the molecule is N#CC1CCCN(Cc2cc(F)cc(Br)c2)C1. The van der Waals surface area contributed by atoms with Gasteiger partial charge in [-0.1, -0.05) is 15.9 Å². The Balaban J connectivity index is 2.03.